The van der Waals surface area contributed by atoms with Crippen molar-refractivity contribution < 1.29 is 4.92 Å². The summed E-state index contributed by atoms with van der Waals surface area (Å²) in [5.74, 6) is 3.41. The molecule has 0 saturated heterocycles. The molecular weight excluding hydrogens is 332 g/mol. The number of nitrogens with zero attached hydrogens (tertiary/aromatic N) is 1. The van der Waals surface area contributed by atoms with Crippen molar-refractivity contribution in [1.82, 2.24) is 0 Å². The fraction of sp³-hybridized carbons (Fsp3) is 0.625. The molecule has 1 N–H and O–H groups in total. The summed E-state index contributed by atoms with van der Waals surface area (Å²) in [4.78, 5) is 10.9. The minimum Gasteiger partial charge on any atom is -0.376 e. The molecule has 2 bridgehead atoms. The SMILES string of the molecule is O=[N+]([O-])c1cc(Br)ccc1NC1CC2CC1C1CCCC21. The van der Waals surface area contributed by atoms with E-state index in [4.69, 9.17) is 0 Å². The van der Waals surface area contributed by atoms with Crippen molar-refractivity contribution in [1.29, 1.82) is 0 Å². The van der Waals surface area contributed by atoms with E-state index in [1.807, 2.05) is 12.1 Å². The minimum absolute atomic E-state index is 0.176. The van der Waals surface area contributed by atoms with Gasteiger partial charge in [0, 0.05) is 16.6 Å². The maximum Gasteiger partial charge on any atom is 0.293 e. The lowest BCUT2D eigenvalue weighted by Gasteiger charge is -2.32. The Morgan fingerprint density at radius 3 is 2.81 bits per heavy atom. The number of benzene rings is 1. The third-order valence-corrected chi connectivity index (χ3v) is 6.42. The fourth-order valence-corrected chi connectivity index (χ4v) is 5.56. The standard InChI is InChI=1S/C16H19BrN2O2/c17-10-4-5-14(16(8-10)19(20)21)18-15-7-9-6-13(15)12-3-1-2-11(9)12/h4-5,8-9,11-13,15,18H,1-3,6-7H2. The van der Waals surface area contributed by atoms with Crippen LogP contribution in [0, 0.1) is 33.8 Å². The molecule has 0 aliphatic heterocycles. The van der Waals surface area contributed by atoms with Crippen molar-refractivity contribution in [3.63, 3.8) is 0 Å². The van der Waals surface area contributed by atoms with E-state index in [9.17, 15) is 10.1 Å². The Morgan fingerprint density at radius 1 is 1.19 bits per heavy atom. The lowest BCUT2D eigenvalue weighted by Crippen LogP contribution is -2.34. The zero-order valence-electron chi connectivity index (χ0n) is 11.8. The van der Waals surface area contributed by atoms with Gasteiger partial charge in [0.05, 0.1) is 4.92 Å². The molecule has 3 aliphatic rings. The molecule has 0 radical (unpaired) electrons. The third-order valence-electron chi connectivity index (χ3n) is 5.93. The van der Waals surface area contributed by atoms with E-state index in [-0.39, 0.29) is 10.6 Å². The minimum atomic E-state index is -0.293. The number of rotatable bonds is 3. The van der Waals surface area contributed by atoms with Gasteiger partial charge in [-0.2, -0.15) is 0 Å². The molecule has 4 rings (SSSR count). The van der Waals surface area contributed by atoms with Crippen LogP contribution in [0.3, 0.4) is 0 Å². The van der Waals surface area contributed by atoms with E-state index < -0.39 is 0 Å². The summed E-state index contributed by atoms with van der Waals surface area (Å²) in [7, 11) is 0. The average Bonchev–Trinajstić information content (AvgIpc) is 3.12. The number of fused-ring (bicyclic) bond motifs is 5. The molecule has 4 nitrogen and oxygen atoms in total. The predicted molar refractivity (Wildman–Crippen MR) is 85.3 cm³/mol. The highest BCUT2D eigenvalue weighted by Gasteiger charge is 2.53. The molecule has 5 heteroatoms. The maximum absolute atomic E-state index is 11.2. The van der Waals surface area contributed by atoms with Crippen LogP contribution in [0.5, 0.6) is 0 Å². The molecule has 112 valence electrons. The van der Waals surface area contributed by atoms with Crippen molar-refractivity contribution in [2.45, 2.75) is 38.1 Å². The summed E-state index contributed by atoms with van der Waals surface area (Å²) < 4.78 is 0.753. The second kappa shape index (κ2) is 4.97. The smallest absolute Gasteiger partial charge is 0.293 e. The van der Waals surface area contributed by atoms with Gasteiger partial charge < -0.3 is 5.32 Å². The maximum atomic E-state index is 11.2. The van der Waals surface area contributed by atoms with E-state index in [0.29, 0.717) is 11.7 Å². The van der Waals surface area contributed by atoms with Gasteiger partial charge in [0.2, 0.25) is 0 Å². The van der Waals surface area contributed by atoms with Gasteiger partial charge in [-0.15, -0.1) is 0 Å². The summed E-state index contributed by atoms with van der Waals surface area (Å²) in [6, 6.07) is 5.73. The molecule has 5 atom stereocenters. The highest BCUT2D eigenvalue weighted by atomic mass is 79.9. The Balaban J connectivity index is 1.56. The highest BCUT2D eigenvalue weighted by Crippen LogP contribution is 2.59. The number of anilines is 1. The van der Waals surface area contributed by atoms with Crippen molar-refractivity contribution in [3.8, 4) is 0 Å². The van der Waals surface area contributed by atoms with E-state index in [1.165, 1.54) is 32.1 Å². The van der Waals surface area contributed by atoms with Gasteiger partial charge >= 0.3 is 0 Å². The van der Waals surface area contributed by atoms with Crippen LogP contribution in [0.15, 0.2) is 22.7 Å². The van der Waals surface area contributed by atoms with E-state index in [1.54, 1.807) is 6.07 Å². The van der Waals surface area contributed by atoms with Crippen LogP contribution in [0.4, 0.5) is 11.4 Å². The molecule has 3 fully saturated rings. The van der Waals surface area contributed by atoms with Crippen LogP contribution >= 0.6 is 15.9 Å². The molecule has 5 unspecified atom stereocenters. The summed E-state index contributed by atoms with van der Waals surface area (Å²) in [6.45, 7) is 0. The molecule has 0 spiro atoms. The molecule has 3 aliphatic carbocycles. The molecule has 0 amide bonds. The molecule has 21 heavy (non-hydrogen) atoms. The number of hydrogen-bond acceptors (Lipinski definition) is 3. The zero-order valence-corrected chi connectivity index (χ0v) is 13.4. The molecule has 3 saturated carbocycles. The van der Waals surface area contributed by atoms with E-state index in [2.05, 4.69) is 21.2 Å². The second-order valence-corrected chi connectivity index (χ2v) is 7.74. The van der Waals surface area contributed by atoms with E-state index >= 15 is 0 Å². The lowest BCUT2D eigenvalue weighted by molar-refractivity contribution is -0.384. The van der Waals surface area contributed by atoms with Crippen LogP contribution < -0.4 is 5.32 Å². The highest BCUT2D eigenvalue weighted by molar-refractivity contribution is 9.10. The first-order chi connectivity index (χ1) is 10.1. The second-order valence-electron chi connectivity index (χ2n) is 6.82. The summed E-state index contributed by atoms with van der Waals surface area (Å²) >= 11 is 3.31. The lowest BCUT2D eigenvalue weighted by atomic mass is 9.79. The predicted octanol–water partition coefficient (Wildman–Crippen LogP) is 4.59. The van der Waals surface area contributed by atoms with Crippen LogP contribution in [0.25, 0.3) is 0 Å². The van der Waals surface area contributed by atoms with Crippen LogP contribution in [-0.4, -0.2) is 11.0 Å². The molecular formula is C16H19BrN2O2. The average molecular weight is 351 g/mol. The topological polar surface area (TPSA) is 55.2 Å². The molecule has 0 heterocycles. The number of nitro benzene ring substituents is 1. The van der Waals surface area contributed by atoms with Gasteiger partial charge in [0.15, 0.2) is 0 Å². The van der Waals surface area contributed by atoms with Crippen molar-refractivity contribution >= 4 is 27.3 Å². The van der Waals surface area contributed by atoms with Gasteiger partial charge in [0.25, 0.3) is 5.69 Å². The summed E-state index contributed by atoms with van der Waals surface area (Å²) in [5.41, 5.74) is 0.852. The Bertz CT molecular complexity index is 592. The summed E-state index contributed by atoms with van der Waals surface area (Å²) in [6.07, 6.45) is 6.69. The van der Waals surface area contributed by atoms with Gasteiger partial charge in [-0.05, 0) is 61.5 Å². The first-order valence-corrected chi connectivity index (χ1v) is 8.63. The van der Waals surface area contributed by atoms with Crippen LogP contribution in [0.2, 0.25) is 0 Å². The number of halogens is 1. The quantitative estimate of drug-likeness (QED) is 0.640. The summed E-state index contributed by atoms with van der Waals surface area (Å²) in [5, 5.41) is 14.7. The fourth-order valence-electron chi connectivity index (χ4n) is 5.21. The van der Waals surface area contributed by atoms with Crippen molar-refractivity contribution in [2.75, 3.05) is 5.32 Å². The zero-order chi connectivity index (χ0) is 14.6. The first-order valence-electron chi connectivity index (χ1n) is 7.84. The largest absolute Gasteiger partial charge is 0.376 e. The Kier molecular flexibility index (Phi) is 3.21. The van der Waals surface area contributed by atoms with Crippen molar-refractivity contribution in [2.24, 2.45) is 23.7 Å². The number of nitrogens with one attached hydrogen (secondary N) is 1. The Morgan fingerprint density at radius 2 is 2.00 bits per heavy atom. The first kappa shape index (κ1) is 13.6. The number of nitro groups is 1. The van der Waals surface area contributed by atoms with Gasteiger partial charge in [-0.1, -0.05) is 22.4 Å². The molecule has 1 aromatic carbocycles. The van der Waals surface area contributed by atoms with Gasteiger partial charge in [0.1, 0.15) is 5.69 Å². The third kappa shape index (κ3) is 2.17. The monoisotopic (exact) mass is 350 g/mol. The van der Waals surface area contributed by atoms with E-state index in [0.717, 1.165) is 28.1 Å². The van der Waals surface area contributed by atoms with Gasteiger partial charge in [-0.25, -0.2) is 0 Å². The normalized spacial score (nSPS) is 36.7. The Hall–Kier alpha value is -1.10. The van der Waals surface area contributed by atoms with Gasteiger partial charge in [-0.3, -0.25) is 10.1 Å². The molecule has 0 aromatic heterocycles. The Labute approximate surface area is 132 Å². The number of hydrogen-bond donors (Lipinski definition) is 1. The molecule has 1 aromatic rings. The van der Waals surface area contributed by atoms with Crippen LogP contribution in [0.1, 0.15) is 32.1 Å². The van der Waals surface area contributed by atoms with Crippen LogP contribution in [-0.2, 0) is 0 Å². The van der Waals surface area contributed by atoms with Crippen molar-refractivity contribution in [3.05, 3.63) is 32.8 Å².